The van der Waals surface area contributed by atoms with E-state index in [9.17, 15) is 23.2 Å². The van der Waals surface area contributed by atoms with Gasteiger partial charge in [0.25, 0.3) is 5.91 Å². The van der Waals surface area contributed by atoms with Crippen LogP contribution >= 0.6 is 0 Å². The molecule has 4 N–H and O–H groups in total. The molecule has 2 aromatic rings. The van der Waals surface area contributed by atoms with Gasteiger partial charge in [-0.25, -0.2) is 13.6 Å². The number of rotatable bonds is 4. The van der Waals surface area contributed by atoms with Crippen LogP contribution in [0.2, 0.25) is 0 Å². The number of halogens is 2. The first kappa shape index (κ1) is 20.2. The summed E-state index contributed by atoms with van der Waals surface area (Å²) in [5.74, 6) is -4.29. The number of para-hydroxylation sites is 1. The van der Waals surface area contributed by atoms with Crippen LogP contribution in [0.15, 0.2) is 42.5 Å². The Morgan fingerprint density at radius 2 is 1.76 bits per heavy atom. The lowest BCUT2D eigenvalue weighted by Crippen LogP contribution is -2.45. The summed E-state index contributed by atoms with van der Waals surface area (Å²) in [6.07, 6.45) is 1.10. The Morgan fingerprint density at radius 3 is 2.45 bits per heavy atom. The summed E-state index contributed by atoms with van der Waals surface area (Å²) in [6, 6.07) is 9.94. The molecule has 152 valence electrons. The molecule has 0 radical (unpaired) electrons. The molecule has 1 unspecified atom stereocenters. The van der Waals surface area contributed by atoms with Crippen molar-refractivity contribution in [3.8, 4) is 0 Å². The molecule has 1 saturated heterocycles. The van der Waals surface area contributed by atoms with Crippen LogP contribution in [0.1, 0.15) is 23.2 Å². The third-order valence-electron chi connectivity index (χ3n) is 4.68. The molecule has 1 aliphatic rings. The highest BCUT2D eigenvalue weighted by atomic mass is 19.1. The number of hydrogen-bond acceptors (Lipinski definition) is 3. The lowest BCUT2D eigenvalue weighted by Gasteiger charge is -2.32. The van der Waals surface area contributed by atoms with E-state index in [0.717, 1.165) is 6.07 Å². The van der Waals surface area contributed by atoms with Crippen molar-refractivity contribution >= 4 is 29.2 Å². The average molecular weight is 402 g/mol. The second-order valence-electron chi connectivity index (χ2n) is 6.75. The number of carbonyl (C=O) groups excluding carboxylic acids is 3. The lowest BCUT2D eigenvalue weighted by molar-refractivity contribution is -0.121. The van der Waals surface area contributed by atoms with E-state index in [2.05, 4.69) is 10.6 Å². The van der Waals surface area contributed by atoms with Crippen LogP contribution in [0.4, 0.5) is 25.0 Å². The minimum absolute atomic E-state index is 0.149. The van der Waals surface area contributed by atoms with Gasteiger partial charge in [0.05, 0.1) is 17.2 Å². The number of urea groups is 1. The quantitative estimate of drug-likeness (QED) is 0.732. The van der Waals surface area contributed by atoms with Crippen molar-refractivity contribution in [3.63, 3.8) is 0 Å². The second-order valence-corrected chi connectivity index (χ2v) is 6.75. The molecule has 29 heavy (non-hydrogen) atoms. The highest BCUT2D eigenvalue weighted by molar-refractivity contribution is 5.97. The third-order valence-corrected chi connectivity index (χ3v) is 4.68. The van der Waals surface area contributed by atoms with E-state index in [1.54, 1.807) is 24.3 Å². The van der Waals surface area contributed by atoms with Gasteiger partial charge in [-0.15, -0.1) is 0 Å². The number of piperidine rings is 1. The van der Waals surface area contributed by atoms with Crippen LogP contribution in [0.3, 0.4) is 0 Å². The number of nitrogens with one attached hydrogen (secondary N) is 2. The molecule has 7 nitrogen and oxygen atoms in total. The van der Waals surface area contributed by atoms with Gasteiger partial charge in [-0.1, -0.05) is 18.2 Å². The van der Waals surface area contributed by atoms with Crippen LogP contribution in [0, 0.1) is 17.6 Å². The van der Waals surface area contributed by atoms with Crippen LogP contribution in [-0.2, 0) is 4.79 Å². The molecule has 3 rings (SSSR count). The van der Waals surface area contributed by atoms with Crippen LogP contribution in [-0.4, -0.2) is 35.8 Å². The normalized spacial score (nSPS) is 16.2. The van der Waals surface area contributed by atoms with E-state index >= 15 is 0 Å². The van der Waals surface area contributed by atoms with Gasteiger partial charge < -0.3 is 21.3 Å². The number of benzene rings is 2. The van der Waals surface area contributed by atoms with Crippen molar-refractivity contribution < 1.29 is 23.2 Å². The van der Waals surface area contributed by atoms with Gasteiger partial charge in [-0.3, -0.25) is 9.59 Å². The first-order valence-corrected chi connectivity index (χ1v) is 9.06. The van der Waals surface area contributed by atoms with Gasteiger partial charge in [-0.05, 0) is 31.0 Å². The Morgan fingerprint density at radius 1 is 1.03 bits per heavy atom. The Hall–Kier alpha value is -3.49. The standard InChI is InChI=1S/C20H20F2N4O3/c21-15-10-16(22)17(9-14(15)18(23)27)25-19(28)12-5-4-8-26(11-12)20(29)24-13-6-2-1-3-7-13/h1-3,6-7,9-10,12H,4-5,8,11H2,(H2,23,27)(H,24,29)(H,25,28). The van der Waals surface area contributed by atoms with Gasteiger partial charge in [0, 0.05) is 24.8 Å². The summed E-state index contributed by atoms with van der Waals surface area (Å²) in [7, 11) is 0. The molecule has 0 bridgehead atoms. The van der Waals surface area contributed by atoms with Crippen LogP contribution < -0.4 is 16.4 Å². The molecule has 1 heterocycles. The predicted octanol–water partition coefficient (Wildman–Crippen LogP) is 2.95. The zero-order valence-electron chi connectivity index (χ0n) is 15.5. The van der Waals surface area contributed by atoms with E-state index in [1.165, 1.54) is 4.90 Å². The Bertz CT molecular complexity index is 937. The molecule has 4 amide bonds. The number of primary amides is 1. The summed E-state index contributed by atoms with van der Waals surface area (Å²) < 4.78 is 27.6. The molecular formula is C20H20F2N4O3. The van der Waals surface area contributed by atoms with E-state index in [1.807, 2.05) is 6.07 Å². The number of amides is 4. The maximum Gasteiger partial charge on any atom is 0.321 e. The Labute approximate surface area is 165 Å². The Kier molecular flexibility index (Phi) is 6.06. The highest BCUT2D eigenvalue weighted by Crippen LogP contribution is 2.23. The van der Waals surface area contributed by atoms with Gasteiger partial charge in [0.15, 0.2) is 0 Å². The maximum atomic E-state index is 14.0. The van der Waals surface area contributed by atoms with E-state index < -0.39 is 34.9 Å². The van der Waals surface area contributed by atoms with E-state index in [0.29, 0.717) is 31.1 Å². The zero-order valence-corrected chi connectivity index (χ0v) is 15.5. The highest BCUT2D eigenvalue weighted by Gasteiger charge is 2.29. The number of anilines is 2. The number of nitrogens with zero attached hydrogens (tertiary/aromatic N) is 1. The van der Waals surface area contributed by atoms with Crippen molar-refractivity contribution in [3.05, 3.63) is 59.7 Å². The summed E-state index contributed by atoms with van der Waals surface area (Å²) in [5.41, 5.74) is 4.84. The molecule has 1 atom stereocenters. The van der Waals surface area contributed by atoms with Crippen LogP contribution in [0.25, 0.3) is 0 Å². The summed E-state index contributed by atoms with van der Waals surface area (Å²) in [5, 5.41) is 5.12. The summed E-state index contributed by atoms with van der Waals surface area (Å²) in [6.45, 7) is 0.634. The molecule has 1 fully saturated rings. The number of hydrogen-bond donors (Lipinski definition) is 3. The first-order valence-electron chi connectivity index (χ1n) is 9.06. The van der Waals surface area contributed by atoms with Gasteiger partial charge in [0.1, 0.15) is 11.6 Å². The average Bonchev–Trinajstić information content (AvgIpc) is 2.70. The van der Waals surface area contributed by atoms with Crippen molar-refractivity contribution in [2.24, 2.45) is 11.7 Å². The first-order chi connectivity index (χ1) is 13.8. The summed E-state index contributed by atoms with van der Waals surface area (Å²) in [4.78, 5) is 37.7. The summed E-state index contributed by atoms with van der Waals surface area (Å²) >= 11 is 0. The molecule has 0 spiro atoms. The molecule has 2 aromatic carbocycles. The van der Waals surface area contributed by atoms with Crippen molar-refractivity contribution in [1.29, 1.82) is 0 Å². The van der Waals surface area contributed by atoms with Crippen LogP contribution in [0.5, 0.6) is 0 Å². The molecule has 0 aliphatic carbocycles. The van der Waals surface area contributed by atoms with Crippen molar-refractivity contribution in [1.82, 2.24) is 4.90 Å². The molecular weight excluding hydrogens is 382 g/mol. The minimum Gasteiger partial charge on any atom is -0.366 e. The maximum absolute atomic E-state index is 14.0. The zero-order chi connectivity index (χ0) is 21.0. The predicted molar refractivity (Wildman–Crippen MR) is 103 cm³/mol. The number of likely N-dealkylation sites (tertiary alicyclic amines) is 1. The molecule has 0 saturated carbocycles. The lowest BCUT2D eigenvalue weighted by atomic mass is 9.97. The fraction of sp³-hybridized carbons (Fsp3) is 0.250. The van der Waals surface area contributed by atoms with Gasteiger partial charge >= 0.3 is 6.03 Å². The van der Waals surface area contributed by atoms with Gasteiger partial charge in [0.2, 0.25) is 5.91 Å². The Balaban J connectivity index is 1.66. The minimum atomic E-state index is -1.10. The van der Waals surface area contributed by atoms with Gasteiger partial charge in [-0.2, -0.15) is 0 Å². The monoisotopic (exact) mass is 402 g/mol. The van der Waals surface area contributed by atoms with E-state index in [-0.39, 0.29) is 18.3 Å². The van der Waals surface area contributed by atoms with Crippen molar-refractivity contribution in [2.45, 2.75) is 12.8 Å². The molecule has 9 heteroatoms. The largest absolute Gasteiger partial charge is 0.366 e. The fourth-order valence-electron chi connectivity index (χ4n) is 3.17. The molecule has 0 aromatic heterocycles. The smallest absolute Gasteiger partial charge is 0.321 e. The number of nitrogens with two attached hydrogens (primary N) is 1. The molecule has 1 aliphatic heterocycles. The number of carbonyl (C=O) groups is 3. The fourth-order valence-corrected chi connectivity index (χ4v) is 3.17. The van der Waals surface area contributed by atoms with Crippen molar-refractivity contribution in [2.75, 3.05) is 23.7 Å². The topological polar surface area (TPSA) is 105 Å². The second kappa shape index (κ2) is 8.68. The SMILES string of the molecule is NC(=O)c1cc(NC(=O)C2CCCN(C(=O)Nc3ccccc3)C2)c(F)cc1F. The van der Waals surface area contributed by atoms with E-state index in [4.69, 9.17) is 5.73 Å². The third kappa shape index (κ3) is 4.87.